The van der Waals surface area contributed by atoms with E-state index in [0.29, 0.717) is 5.92 Å². The normalized spacial score (nSPS) is 11.2. The first-order valence-corrected chi connectivity index (χ1v) is 10.6. The first-order chi connectivity index (χ1) is 15.2. The molecule has 0 atom stereocenters. The SMILES string of the molecule is Fc1ccc(C([NH2+]CCC(c2ccccc2)c2ccccc2)c2ccc(F)cc2)cc1. The van der Waals surface area contributed by atoms with Crippen LogP contribution in [0.5, 0.6) is 0 Å². The van der Waals surface area contributed by atoms with Crippen molar-refractivity contribution in [2.45, 2.75) is 18.4 Å². The number of halogens is 2. The summed E-state index contributed by atoms with van der Waals surface area (Å²) >= 11 is 0. The Hall–Kier alpha value is -3.30. The molecule has 3 heteroatoms. The van der Waals surface area contributed by atoms with Gasteiger partial charge in [-0.3, -0.25) is 0 Å². The maximum absolute atomic E-state index is 13.5. The van der Waals surface area contributed by atoms with Gasteiger partial charge in [-0.2, -0.15) is 0 Å². The molecule has 2 N–H and O–H groups in total. The van der Waals surface area contributed by atoms with Crippen LogP contribution >= 0.6 is 0 Å². The highest BCUT2D eigenvalue weighted by molar-refractivity contribution is 5.32. The Labute approximate surface area is 182 Å². The van der Waals surface area contributed by atoms with E-state index in [2.05, 4.69) is 53.8 Å². The molecule has 0 aliphatic heterocycles. The van der Waals surface area contributed by atoms with Crippen molar-refractivity contribution in [1.29, 1.82) is 0 Å². The van der Waals surface area contributed by atoms with Gasteiger partial charge in [0.1, 0.15) is 17.7 Å². The van der Waals surface area contributed by atoms with Crippen molar-refractivity contribution >= 4 is 0 Å². The van der Waals surface area contributed by atoms with Crippen LogP contribution in [-0.2, 0) is 0 Å². The Morgan fingerprint density at radius 1 is 0.516 bits per heavy atom. The van der Waals surface area contributed by atoms with Gasteiger partial charge in [0.25, 0.3) is 0 Å². The standard InChI is InChI=1S/C28H25F2N/c29-25-15-11-23(12-16-25)28(24-13-17-26(30)18-14-24)31-20-19-27(21-7-3-1-4-8-21)22-9-5-2-6-10-22/h1-18,27-28,31H,19-20H2/p+1. The monoisotopic (exact) mass is 414 g/mol. The van der Waals surface area contributed by atoms with Crippen LogP contribution in [0.3, 0.4) is 0 Å². The van der Waals surface area contributed by atoms with E-state index in [9.17, 15) is 8.78 Å². The van der Waals surface area contributed by atoms with Gasteiger partial charge in [-0.15, -0.1) is 0 Å². The average Bonchev–Trinajstić information content (AvgIpc) is 2.82. The molecule has 1 nitrogen and oxygen atoms in total. The predicted octanol–water partition coefficient (Wildman–Crippen LogP) is 5.84. The lowest BCUT2D eigenvalue weighted by Gasteiger charge is -2.21. The molecule has 156 valence electrons. The van der Waals surface area contributed by atoms with Crippen molar-refractivity contribution in [3.8, 4) is 0 Å². The van der Waals surface area contributed by atoms with Crippen molar-refractivity contribution in [2.24, 2.45) is 0 Å². The number of quaternary nitrogens is 1. The smallest absolute Gasteiger partial charge is 0.137 e. The van der Waals surface area contributed by atoms with Crippen molar-refractivity contribution < 1.29 is 14.1 Å². The summed E-state index contributed by atoms with van der Waals surface area (Å²) in [6.07, 6.45) is 0.951. The quantitative estimate of drug-likeness (QED) is 0.373. The molecule has 4 aromatic rings. The predicted molar refractivity (Wildman–Crippen MR) is 121 cm³/mol. The second-order valence-corrected chi connectivity index (χ2v) is 7.77. The zero-order valence-corrected chi connectivity index (χ0v) is 17.3. The molecule has 4 rings (SSSR count). The average molecular weight is 415 g/mol. The van der Waals surface area contributed by atoms with Crippen LogP contribution in [0.4, 0.5) is 8.78 Å². The van der Waals surface area contributed by atoms with E-state index in [0.717, 1.165) is 24.1 Å². The highest BCUT2D eigenvalue weighted by atomic mass is 19.1. The number of benzene rings is 4. The third-order valence-corrected chi connectivity index (χ3v) is 5.72. The molecule has 0 saturated carbocycles. The van der Waals surface area contributed by atoms with E-state index in [4.69, 9.17) is 0 Å². The summed E-state index contributed by atoms with van der Waals surface area (Å²) in [6, 6.07) is 34.2. The molecular formula is C28H26F2N+. The van der Waals surface area contributed by atoms with E-state index in [1.807, 2.05) is 36.4 Å². The fraction of sp³-hybridized carbons (Fsp3) is 0.143. The summed E-state index contributed by atoms with van der Waals surface area (Å²) in [5, 5.41) is 2.26. The number of nitrogens with two attached hydrogens (primary N) is 1. The van der Waals surface area contributed by atoms with Gasteiger partial charge < -0.3 is 5.32 Å². The summed E-state index contributed by atoms with van der Waals surface area (Å²) in [7, 11) is 0. The number of hydrogen-bond donors (Lipinski definition) is 1. The second kappa shape index (κ2) is 10.1. The Morgan fingerprint density at radius 3 is 1.35 bits per heavy atom. The van der Waals surface area contributed by atoms with Gasteiger partial charge in [-0.25, -0.2) is 8.78 Å². The minimum Gasteiger partial charge on any atom is -0.336 e. The molecule has 0 heterocycles. The Kier molecular flexibility index (Phi) is 6.85. The van der Waals surface area contributed by atoms with Crippen LogP contribution in [0.2, 0.25) is 0 Å². The Bertz CT molecular complexity index is 977. The van der Waals surface area contributed by atoms with Gasteiger partial charge in [0.05, 0.1) is 6.54 Å². The van der Waals surface area contributed by atoms with Gasteiger partial charge >= 0.3 is 0 Å². The fourth-order valence-corrected chi connectivity index (χ4v) is 4.13. The molecule has 0 amide bonds. The van der Waals surface area contributed by atoms with Crippen LogP contribution in [0, 0.1) is 11.6 Å². The zero-order chi connectivity index (χ0) is 21.5. The van der Waals surface area contributed by atoms with Crippen LogP contribution in [-0.4, -0.2) is 6.54 Å². The van der Waals surface area contributed by atoms with Crippen molar-refractivity contribution in [3.63, 3.8) is 0 Å². The molecule has 0 spiro atoms. The molecule has 0 unspecified atom stereocenters. The number of rotatable bonds is 8. The lowest BCUT2D eigenvalue weighted by Crippen LogP contribution is -2.85. The van der Waals surface area contributed by atoms with Crippen LogP contribution in [0.15, 0.2) is 109 Å². The molecule has 4 aromatic carbocycles. The molecule has 0 aromatic heterocycles. The van der Waals surface area contributed by atoms with Crippen molar-refractivity contribution in [3.05, 3.63) is 143 Å². The van der Waals surface area contributed by atoms with Crippen LogP contribution < -0.4 is 5.32 Å². The molecule has 0 saturated heterocycles. The first-order valence-electron chi connectivity index (χ1n) is 10.6. The summed E-state index contributed by atoms with van der Waals surface area (Å²) in [5.41, 5.74) is 4.59. The Balaban J connectivity index is 1.55. The molecule has 0 aliphatic rings. The molecule has 0 aliphatic carbocycles. The topological polar surface area (TPSA) is 16.6 Å². The minimum absolute atomic E-state index is 0.0200. The maximum Gasteiger partial charge on any atom is 0.137 e. The fourth-order valence-electron chi connectivity index (χ4n) is 4.13. The third-order valence-electron chi connectivity index (χ3n) is 5.72. The van der Waals surface area contributed by atoms with Crippen molar-refractivity contribution in [2.75, 3.05) is 6.54 Å². The number of hydrogen-bond acceptors (Lipinski definition) is 0. The molecule has 0 fully saturated rings. The van der Waals surface area contributed by atoms with Gasteiger partial charge in [-0.1, -0.05) is 60.7 Å². The highest BCUT2D eigenvalue weighted by Gasteiger charge is 2.20. The molecule has 0 radical (unpaired) electrons. The van der Waals surface area contributed by atoms with Gasteiger partial charge in [0.15, 0.2) is 0 Å². The molecule has 0 bridgehead atoms. The highest BCUT2D eigenvalue weighted by Crippen LogP contribution is 2.27. The van der Waals surface area contributed by atoms with E-state index >= 15 is 0 Å². The van der Waals surface area contributed by atoms with Gasteiger partial charge in [0, 0.05) is 23.5 Å². The molecule has 31 heavy (non-hydrogen) atoms. The zero-order valence-electron chi connectivity index (χ0n) is 17.3. The maximum atomic E-state index is 13.5. The van der Waals surface area contributed by atoms with E-state index < -0.39 is 0 Å². The lowest BCUT2D eigenvalue weighted by molar-refractivity contribution is -0.687. The lowest BCUT2D eigenvalue weighted by atomic mass is 9.88. The summed E-state index contributed by atoms with van der Waals surface area (Å²) in [5.74, 6) is -0.217. The summed E-state index contributed by atoms with van der Waals surface area (Å²) < 4.78 is 27.0. The van der Waals surface area contributed by atoms with Crippen LogP contribution in [0.25, 0.3) is 0 Å². The van der Waals surface area contributed by atoms with E-state index in [1.54, 1.807) is 0 Å². The van der Waals surface area contributed by atoms with E-state index in [1.165, 1.54) is 35.4 Å². The largest absolute Gasteiger partial charge is 0.336 e. The minimum atomic E-state index is -0.255. The van der Waals surface area contributed by atoms with E-state index in [-0.39, 0.29) is 17.7 Å². The van der Waals surface area contributed by atoms with Gasteiger partial charge in [-0.05, 0) is 59.7 Å². The summed E-state index contributed by atoms with van der Waals surface area (Å²) in [6.45, 7) is 0.869. The van der Waals surface area contributed by atoms with Crippen molar-refractivity contribution in [1.82, 2.24) is 0 Å². The summed E-state index contributed by atoms with van der Waals surface area (Å²) in [4.78, 5) is 0. The second-order valence-electron chi connectivity index (χ2n) is 7.77. The third kappa shape index (κ3) is 5.44. The van der Waals surface area contributed by atoms with Gasteiger partial charge in [0.2, 0.25) is 0 Å². The van der Waals surface area contributed by atoms with Crippen LogP contribution in [0.1, 0.15) is 40.6 Å². The Morgan fingerprint density at radius 2 is 0.935 bits per heavy atom. The molecular weight excluding hydrogens is 388 g/mol. The first kappa shape index (κ1) is 21.0.